The van der Waals surface area contributed by atoms with Gasteiger partial charge in [-0.15, -0.1) is 5.11 Å². The summed E-state index contributed by atoms with van der Waals surface area (Å²) in [5, 5.41) is 17.1. The number of nitrogens with zero attached hydrogens (tertiary/aromatic N) is 4. The summed E-state index contributed by atoms with van der Waals surface area (Å²) in [4.78, 5) is 3.19. The summed E-state index contributed by atoms with van der Waals surface area (Å²) in [6.45, 7) is 5.83. The molecule has 1 rings (SSSR count). The first-order valence-corrected chi connectivity index (χ1v) is 7.06. The number of hydrogen-bond acceptors (Lipinski definition) is 3. The highest BCUT2D eigenvalue weighted by molar-refractivity contribution is 9.11. The number of hydrogen-bond donors (Lipinski definition) is 0. The van der Waals surface area contributed by atoms with E-state index in [9.17, 15) is 17.3 Å². The molecule has 0 saturated heterocycles. The van der Waals surface area contributed by atoms with Gasteiger partial charge in [-0.25, -0.2) is 0 Å². The highest BCUT2D eigenvalue weighted by Gasteiger charge is 2.21. The van der Waals surface area contributed by atoms with E-state index in [1.807, 2.05) is 20.8 Å². The van der Waals surface area contributed by atoms with Crippen LogP contribution < -0.4 is 0 Å². The van der Waals surface area contributed by atoms with Gasteiger partial charge in [0.2, 0.25) is 5.39 Å². The lowest BCUT2D eigenvalue weighted by Gasteiger charge is -2.08. The van der Waals surface area contributed by atoms with Crippen LogP contribution in [0.4, 0.5) is 28.6 Å². The van der Waals surface area contributed by atoms with Crippen molar-refractivity contribution in [3.8, 4) is 0 Å². The minimum absolute atomic E-state index is 0.262. The van der Waals surface area contributed by atoms with Gasteiger partial charge in [-0.05, 0) is 48.8 Å². The predicted molar refractivity (Wildman–Crippen MR) is 81.0 cm³/mol. The summed E-state index contributed by atoms with van der Waals surface area (Å²) < 4.78 is 40.5. The van der Waals surface area contributed by atoms with E-state index >= 15 is 0 Å². The third-order valence-electron chi connectivity index (χ3n) is 1.57. The molecule has 116 valence electrons. The van der Waals surface area contributed by atoms with Crippen molar-refractivity contribution in [3.63, 3.8) is 0 Å². The van der Waals surface area contributed by atoms with Crippen LogP contribution in [-0.2, 0) is 0 Å². The third kappa shape index (κ3) is 10.4. The Labute approximate surface area is 136 Å². The molecule has 4 nitrogen and oxygen atoms in total. The summed E-state index contributed by atoms with van der Waals surface area (Å²) in [6.07, 6.45) is 0. The Kier molecular flexibility index (Phi) is 7.46. The summed E-state index contributed by atoms with van der Waals surface area (Å²) >= 11 is 6.63. The quantitative estimate of drug-likeness (QED) is 0.206. The number of azo groups is 1. The van der Waals surface area contributed by atoms with Gasteiger partial charge in [0, 0.05) is 4.47 Å². The third-order valence-corrected chi connectivity index (χ3v) is 2.63. The number of benzene rings is 1. The molecular weight excluding hydrogens is 423 g/mol. The second kappa shape index (κ2) is 7.84. The molecule has 0 aliphatic heterocycles. The lowest BCUT2D eigenvalue weighted by molar-refractivity contribution is 0.368. The van der Waals surface area contributed by atoms with E-state index in [1.54, 1.807) is 12.1 Å². The van der Waals surface area contributed by atoms with Crippen molar-refractivity contribution in [1.29, 1.82) is 5.39 Å². The highest BCUT2D eigenvalue weighted by Crippen LogP contribution is 2.39. The average molecular weight is 434 g/mol. The summed E-state index contributed by atoms with van der Waals surface area (Å²) in [5.74, 6) is 0. The van der Waals surface area contributed by atoms with Gasteiger partial charge in [0.05, 0.1) is 5.54 Å². The average Bonchev–Trinajstić information content (AvgIpc) is 2.22. The summed E-state index contributed by atoms with van der Waals surface area (Å²) in [6, 6.07) is 3.53. The fourth-order valence-corrected chi connectivity index (χ4v) is 2.21. The van der Waals surface area contributed by atoms with Crippen molar-refractivity contribution >= 4 is 50.5 Å². The van der Waals surface area contributed by atoms with E-state index in [0.717, 1.165) is 4.47 Å². The molecule has 0 atom stereocenters. The second-order valence-corrected chi connectivity index (χ2v) is 6.49. The van der Waals surface area contributed by atoms with Gasteiger partial charge >= 0.3 is 12.9 Å². The molecule has 0 spiro atoms. The van der Waals surface area contributed by atoms with Gasteiger partial charge < -0.3 is 17.3 Å². The van der Waals surface area contributed by atoms with E-state index < -0.39 is 7.25 Å². The molecule has 0 radical (unpaired) electrons. The lowest BCUT2D eigenvalue weighted by atomic mass is 10.1. The Morgan fingerprint density at radius 1 is 1.14 bits per heavy atom. The monoisotopic (exact) mass is 432 g/mol. The van der Waals surface area contributed by atoms with Gasteiger partial charge in [0.15, 0.2) is 10.7 Å². The van der Waals surface area contributed by atoms with Gasteiger partial charge in [0.25, 0.3) is 0 Å². The van der Waals surface area contributed by atoms with Crippen LogP contribution in [0, 0.1) is 5.39 Å². The zero-order chi connectivity index (χ0) is 16.8. The summed E-state index contributed by atoms with van der Waals surface area (Å²) in [5.41, 5.74) is 0.622. The molecule has 0 N–H and O–H groups in total. The zero-order valence-electron chi connectivity index (χ0n) is 11.3. The Balaban J connectivity index is 0.000000690. The molecular formula is C10H11BBr2F4N4. The van der Waals surface area contributed by atoms with Crippen LogP contribution in [0.1, 0.15) is 20.8 Å². The summed E-state index contributed by atoms with van der Waals surface area (Å²) in [7, 11) is -6.00. The fraction of sp³-hybridized carbons (Fsp3) is 0.400. The number of diazo groups is 1. The molecule has 0 bridgehead atoms. The van der Waals surface area contributed by atoms with Crippen LogP contribution in [-0.4, -0.2) is 12.8 Å². The molecule has 1 aromatic rings. The van der Waals surface area contributed by atoms with E-state index in [2.05, 4.69) is 47.1 Å². The van der Waals surface area contributed by atoms with Crippen molar-refractivity contribution < 1.29 is 17.3 Å². The van der Waals surface area contributed by atoms with E-state index in [4.69, 9.17) is 5.39 Å². The van der Waals surface area contributed by atoms with Crippen LogP contribution in [0.3, 0.4) is 0 Å². The van der Waals surface area contributed by atoms with Crippen molar-refractivity contribution in [1.82, 2.24) is 0 Å². The maximum absolute atomic E-state index is 9.75. The topological polar surface area (TPSA) is 52.9 Å². The minimum Gasteiger partial charge on any atom is -0.418 e. The van der Waals surface area contributed by atoms with Crippen LogP contribution >= 0.6 is 31.9 Å². The molecule has 1 aromatic carbocycles. The van der Waals surface area contributed by atoms with Gasteiger partial charge in [-0.1, -0.05) is 15.9 Å². The zero-order valence-corrected chi connectivity index (χ0v) is 14.5. The first kappa shape index (κ1) is 20.0. The van der Waals surface area contributed by atoms with Crippen molar-refractivity contribution in [3.05, 3.63) is 26.1 Å². The molecule has 0 fully saturated rings. The van der Waals surface area contributed by atoms with E-state index in [1.165, 1.54) is 0 Å². The molecule has 0 unspecified atom stereocenters. The Bertz CT molecular complexity index is 558. The van der Waals surface area contributed by atoms with Crippen LogP contribution in [0.2, 0.25) is 0 Å². The number of halogens is 6. The van der Waals surface area contributed by atoms with Gasteiger partial charge in [-0.2, -0.15) is 5.11 Å². The molecule has 0 aliphatic carbocycles. The van der Waals surface area contributed by atoms with Crippen molar-refractivity contribution in [2.24, 2.45) is 10.2 Å². The SMILES string of the molecule is CC(C)(C)N=Nc1cc(Br)cc(Br)c1[N+]#N.F[B-](F)(F)F. The van der Waals surface area contributed by atoms with Crippen LogP contribution in [0.15, 0.2) is 31.3 Å². The first-order chi connectivity index (χ1) is 9.33. The van der Waals surface area contributed by atoms with Crippen molar-refractivity contribution in [2.75, 3.05) is 0 Å². The Morgan fingerprint density at radius 2 is 1.62 bits per heavy atom. The molecule has 0 saturated carbocycles. The fourth-order valence-electron chi connectivity index (χ4n) is 0.931. The molecule has 0 aromatic heterocycles. The largest absolute Gasteiger partial charge is 0.673 e. The lowest BCUT2D eigenvalue weighted by Crippen LogP contribution is -2.07. The number of rotatable bonds is 1. The molecule has 0 aliphatic rings. The van der Waals surface area contributed by atoms with Gasteiger partial charge in [-0.3, -0.25) is 0 Å². The predicted octanol–water partition coefficient (Wildman–Crippen LogP) is 6.88. The van der Waals surface area contributed by atoms with E-state index in [-0.39, 0.29) is 5.54 Å². The van der Waals surface area contributed by atoms with Gasteiger partial charge in [0.1, 0.15) is 4.47 Å². The minimum atomic E-state index is -6.00. The molecule has 21 heavy (non-hydrogen) atoms. The molecule has 0 heterocycles. The van der Waals surface area contributed by atoms with Crippen molar-refractivity contribution in [2.45, 2.75) is 26.3 Å². The first-order valence-electron chi connectivity index (χ1n) is 5.48. The smallest absolute Gasteiger partial charge is 0.418 e. The highest BCUT2D eigenvalue weighted by atomic mass is 79.9. The van der Waals surface area contributed by atoms with Crippen LogP contribution in [0.5, 0.6) is 0 Å². The van der Waals surface area contributed by atoms with Crippen LogP contribution in [0.25, 0.3) is 4.98 Å². The standard InChI is InChI=1S/C10H11Br2N4.BF4/c1-10(2,3)16-15-8-5-6(11)4-7(12)9(8)14-13;2-1(3,4)5/h4-5H,1-3H3;/q+1;-1. The Hall–Kier alpha value is -1.02. The maximum Gasteiger partial charge on any atom is 0.673 e. The van der Waals surface area contributed by atoms with E-state index in [0.29, 0.717) is 15.8 Å². The molecule has 11 heteroatoms. The molecule has 0 amide bonds. The Morgan fingerprint density at radius 3 is 2.00 bits per heavy atom. The normalized spacial score (nSPS) is 11.8. The maximum atomic E-state index is 9.75. The second-order valence-electron chi connectivity index (χ2n) is 4.72.